The molecule has 0 bridgehead atoms. The molecule has 2 nitrogen and oxygen atoms in total. The van der Waals surface area contributed by atoms with E-state index in [0.717, 1.165) is 10.5 Å². The third-order valence-corrected chi connectivity index (χ3v) is 2.79. The molecular formula is C10H9NOS. The maximum Gasteiger partial charge on any atom is 0.258 e. The number of nitrogens with zero attached hydrogens (tertiary/aromatic N) is 1. The third kappa shape index (κ3) is 1.47. The van der Waals surface area contributed by atoms with Gasteiger partial charge >= 0.3 is 0 Å². The van der Waals surface area contributed by atoms with Gasteiger partial charge in [-0.1, -0.05) is 23.9 Å². The van der Waals surface area contributed by atoms with Gasteiger partial charge < -0.3 is 4.90 Å². The third-order valence-electron chi connectivity index (χ3n) is 1.92. The monoisotopic (exact) mass is 191 g/mol. The predicted octanol–water partition coefficient (Wildman–Crippen LogP) is 2.34. The zero-order valence-electron chi connectivity index (χ0n) is 7.23. The predicted molar refractivity (Wildman–Crippen MR) is 53.5 cm³/mol. The zero-order valence-corrected chi connectivity index (χ0v) is 8.04. The SMILES string of the molecule is CN1C=CSc2ccccc2C1=O. The molecular weight excluding hydrogens is 182 g/mol. The van der Waals surface area contributed by atoms with E-state index in [1.54, 1.807) is 29.9 Å². The fraction of sp³-hybridized carbons (Fsp3) is 0.100. The topological polar surface area (TPSA) is 20.3 Å². The van der Waals surface area contributed by atoms with Crippen LogP contribution in [0.15, 0.2) is 40.8 Å². The van der Waals surface area contributed by atoms with E-state index in [1.165, 1.54) is 0 Å². The summed E-state index contributed by atoms with van der Waals surface area (Å²) in [5.74, 6) is 0.0526. The molecule has 0 fully saturated rings. The number of hydrogen-bond donors (Lipinski definition) is 0. The molecule has 0 unspecified atom stereocenters. The van der Waals surface area contributed by atoms with Gasteiger partial charge in [0.2, 0.25) is 0 Å². The summed E-state index contributed by atoms with van der Waals surface area (Å²) in [6, 6.07) is 7.64. The van der Waals surface area contributed by atoms with E-state index < -0.39 is 0 Å². The quantitative estimate of drug-likeness (QED) is 0.627. The van der Waals surface area contributed by atoms with Crippen molar-refractivity contribution in [2.24, 2.45) is 0 Å². The molecule has 1 aliphatic heterocycles. The van der Waals surface area contributed by atoms with Gasteiger partial charge in [-0.25, -0.2) is 0 Å². The van der Waals surface area contributed by atoms with Crippen molar-refractivity contribution >= 4 is 17.7 Å². The van der Waals surface area contributed by atoms with E-state index in [9.17, 15) is 4.79 Å². The van der Waals surface area contributed by atoms with Crippen LogP contribution in [0.25, 0.3) is 0 Å². The fourth-order valence-electron chi connectivity index (χ4n) is 1.20. The summed E-state index contributed by atoms with van der Waals surface area (Å²) in [5, 5.41) is 1.92. The lowest BCUT2D eigenvalue weighted by atomic mass is 10.2. The molecule has 13 heavy (non-hydrogen) atoms. The van der Waals surface area contributed by atoms with Crippen LogP contribution in [0.1, 0.15) is 10.4 Å². The average Bonchev–Trinajstić information content (AvgIpc) is 2.29. The molecule has 66 valence electrons. The summed E-state index contributed by atoms with van der Waals surface area (Å²) in [4.78, 5) is 14.3. The zero-order chi connectivity index (χ0) is 9.26. The molecule has 3 heteroatoms. The lowest BCUT2D eigenvalue weighted by Crippen LogP contribution is -2.20. The number of carbonyl (C=O) groups excluding carboxylic acids is 1. The van der Waals surface area contributed by atoms with Crippen LogP contribution in [0.4, 0.5) is 0 Å². The summed E-state index contributed by atoms with van der Waals surface area (Å²) in [7, 11) is 1.77. The highest BCUT2D eigenvalue weighted by Crippen LogP contribution is 2.27. The number of benzene rings is 1. The molecule has 1 aromatic rings. The number of fused-ring (bicyclic) bond motifs is 1. The maximum absolute atomic E-state index is 11.7. The second kappa shape index (κ2) is 3.26. The summed E-state index contributed by atoms with van der Waals surface area (Å²) < 4.78 is 0. The van der Waals surface area contributed by atoms with Gasteiger partial charge in [0, 0.05) is 18.1 Å². The largest absolute Gasteiger partial charge is 0.318 e. The van der Waals surface area contributed by atoms with Crippen LogP contribution in [0.2, 0.25) is 0 Å². The van der Waals surface area contributed by atoms with E-state index >= 15 is 0 Å². The molecule has 0 N–H and O–H groups in total. The van der Waals surface area contributed by atoms with Crippen LogP contribution in [-0.2, 0) is 0 Å². The van der Waals surface area contributed by atoms with E-state index in [-0.39, 0.29) is 5.91 Å². The van der Waals surface area contributed by atoms with Gasteiger partial charge in [-0.3, -0.25) is 4.79 Å². The van der Waals surface area contributed by atoms with Crippen molar-refractivity contribution in [1.82, 2.24) is 4.90 Å². The molecule has 0 radical (unpaired) electrons. The molecule has 1 aromatic carbocycles. The molecule has 0 aliphatic carbocycles. The first-order valence-corrected chi connectivity index (χ1v) is 4.86. The van der Waals surface area contributed by atoms with Gasteiger partial charge in [-0.15, -0.1) is 0 Å². The van der Waals surface area contributed by atoms with Gasteiger partial charge in [0.05, 0.1) is 5.56 Å². The summed E-state index contributed by atoms with van der Waals surface area (Å²) in [6.07, 6.45) is 1.78. The molecule has 1 heterocycles. The first kappa shape index (κ1) is 8.38. The Balaban J connectivity index is 2.53. The molecule has 2 rings (SSSR count). The number of amides is 1. The highest BCUT2D eigenvalue weighted by Gasteiger charge is 2.15. The van der Waals surface area contributed by atoms with Crippen molar-refractivity contribution in [3.8, 4) is 0 Å². The molecule has 1 amide bonds. The molecule has 0 aromatic heterocycles. The van der Waals surface area contributed by atoms with Gasteiger partial charge in [0.15, 0.2) is 0 Å². The Morgan fingerprint density at radius 1 is 1.31 bits per heavy atom. The van der Waals surface area contributed by atoms with Crippen molar-refractivity contribution in [2.75, 3.05) is 7.05 Å². The van der Waals surface area contributed by atoms with Crippen molar-refractivity contribution < 1.29 is 4.79 Å². The van der Waals surface area contributed by atoms with Crippen LogP contribution in [0.5, 0.6) is 0 Å². The highest BCUT2D eigenvalue weighted by molar-refractivity contribution is 8.02. The molecule has 1 aliphatic rings. The van der Waals surface area contributed by atoms with Crippen LogP contribution >= 0.6 is 11.8 Å². The van der Waals surface area contributed by atoms with Crippen molar-refractivity contribution in [1.29, 1.82) is 0 Å². The standard InChI is InChI=1S/C10H9NOS/c1-11-6-7-13-9-5-3-2-4-8(9)10(11)12/h2-7H,1H3. The number of carbonyl (C=O) groups is 1. The van der Waals surface area contributed by atoms with Crippen molar-refractivity contribution in [2.45, 2.75) is 4.90 Å². The van der Waals surface area contributed by atoms with E-state index in [2.05, 4.69) is 0 Å². The van der Waals surface area contributed by atoms with Crippen LogP contribution in [0, 0.1) is 0 Å². The number of hydrogen-bond acceptors (Lipinski definition) is 2. The molecule has 0 saturated heterocycles. The van der Waals surface area contributed by atoms with Gasteiger partial charge in [-0.2, -0.15) is 0 Å². The average molecular weight is 191 g/mol. The van der Waals surface area contributed by atoms with E-state index in [4.69, 9.17) is 0 Å². The minimum atomic E-state index is 0.0526. The normalized spacial score (nSPS) is 15.5. The van der Waals surface area contributed by atoms with Gasteiger partial charge in [0.25, 0.3) is 5.91 Å². The second-order valence-electron chi connectivity index (χ2n) is 2.82. The fourth-order valence-corrected chi connectivity index (χ4v) is 2.03. The molecule has 0 spiro atoms. The lowest BCUT2D eigenvalue weighted by molar-refractivity contribution is 0.0848. The molecule has 0 saturated carbocycles. The van der Waals surface area contributed by atoms with E-state index in [0.29, 0.717) is 0 Å². The Kier molecular flexibility index (Phi) is 2.10. The first-order chi connectivity index (χ1) is 6.29. The summed E-state index contributed by atoms with van der Waals surface area (Å²) in [5.41, 5.74) is 0.778. The Morgan fingerprint density at radius 3 is 2.92 bits per heavy atom. The Bertz CT molecular complexity index is 373. The van der Waals surface area contributed by atoms with Crippen LogP contribution in [-0.4, -0.2) is 17.9 Å². The Labute approximate surface area is 81.2 Å². The summed E-state index contributed by atoms with van der Waals surface area (Å²) in [6.45, 7) is 0. The minimum Gasteiger partial charge on any atom is -0.318 e. The maximum atomic E-state index is 11.7. The molecule has 0 atom stereocenters. The minimum absolute atomic E-state index is 0.0526. The number of rotatable bonds is 0. The van der Waals surface area contributed by atoms with Crippen LogP contribution < -0.4 is 0 Å². The lowest BCUT2D eigenvalue weighted by Gasteiger charge is -2.10. The Morgan fingerprint density at radius 2 is 2.08 bits per heavy atom. The second-order valence-corrected chi connectivity index (χ2v) is 3.76. The van der Waals surface area contributed by atoms with Gasteiger partial charge in [0.1, 0.15) is 0 Å². The van der Waals surface area contributed by atoms with Crippen molar-refractivity contribution in [3.63, 3.8) is 0 Å². The first-order valence-electron chi connectivity index (χ1n) is 3.98. The summed E-state index contributed by atoms with van der Waals surface area (Å²) >= 11 is 1.57. The Hall–Kier alpha value is -1.22. The van der Waals surface area contributed by atoms with E-state index in [1.807, 2.05) is 29.7 Å². The van der Waals surface area contributed by atoms with Crippen LogP contribution in [0.3, 0.4) is 0 Å². The van der Waals surface area contributed by atoms with Gasteiger partial charge in [-0.05, 0) is 17.5 Å². The van der Waals surface area contributed by atoms with Crippen molar-refractivity contribution in [3.05, 3.63) is 41.4 Å². The highest BCUT2D eigenvalue weighted by atomic mass is 32.2. The number of thioether (sulfide) groups is 1. The smallest absolute Gasteiger partial charge is 0.258 e.